The third kappa shape index (κ3) is 5.66. The summed E-state index contributed by atoms with van der Waals surface area (Å²) in [4.78, 5) is 15.9. The molecule has 1 aliphatic rings. The fraction of sp³-hybridized carbons (Fsp3) is 0.923. The lowest BCUT2D eigenvalue weighted by molar-refractivity contribution is 0.172. The second kappa shape index (κ2) is 7.26. The molecule has 1 aliphatic heterocycles. The van der Waals surface area contributed by atoms with Crippen molar-refractivity contribution < 1.29 is 13.2 Å². The average Bonchev–Trinajstić information content (AvgIpc) is 2.66. The highest BCUT2D eigenvalue weighted by molar-refractivity contribution is 7.91. The summed E-state index contributed by atoms with van der Waals surface area (Å²) in [6.07, 6.45) is 0.546. The smallest absolute Gasteiger partial charge is 0.317 e. The summed E-state index contributed by atoms with van der Waals surface area (Å²) in [6.45, 7) is 5.95. The first kappa shape index (κ1) is 17.2. The maximum Gasteiger partial charge on any atom is 0.317 e. The second-order valence-electron chi connectivity index (χ2n) is 6.13. The summed E-state index contributed by atoms with van der Waals surface area (Å²) in [5.74, 6) is 0.658. The lowest BCUT2D eigenvalue weighted by Gasteiger charge is -2.30. The lowest BCUT2D eigenvalue weighted by atomic mass is 10.2. The average molecular weight is 305 g/mol. The Labute approximate surface area is 122 Å². The maximum atomic E-state index is 12.3. The van der Waals surface area contributed by atoms with Crippen LogP contribution < -0.4 is 5.32 Å². The topological polar surface area (TPSA) is 69.7 Å². The third-order valence-corrected chi connectivity index (χ3v) is 5.11. The van der Waals surface area contributed by atoms with Gasteiger partial charge in [-0.3, -0.25) is 0 Å². The lowest BCUT2D eigenvalue weighted by Crippen LogP contribution is -2.49. The normalized spacial score (nSPS) is 21.4. The van der Waals surface area contributed by atoms with Crippen LogP contribution in [0.2, 0.25) is 0 Å². The number of likely N-dealkylation sites (N-methyl/N-ethyl adjacent to an activating group) is 1. The Morgan fingerprint density at radius 2 is 1.95 bits per heavy atom. The molecule has 0 saturated carbocycles. The first-order valence-electron chi connectivity index (χ1n) is 7.11. The number of nitrogens with zero attached hydrogens (tertiary/aromatic N) is 2. The van der Waals surface area contributed by atoms with Crippen LogP contribution in [-0.2, 0) is 9.84 Å². The number of amides is 2. The van der Waals surface area contributed by atoms with Gasteiger partial charge in [0.1, 0.15) is 0 Å². The molecular weight excluding hydrogens is 278 g/mol. The molecule has 1 atom stereocenters. The highest BCUT2D eigenvalue weighted by atomic mass is 32.2. The van der Waals surface area contributed by atoms with E-state index < -0.39 is 9.84 Å². The molecule has 1 N–H and O–H groups in total. The molecule has 0 aliphatic carbocycles. The first-order valence-corrected chi connectivity index (χ1v) is 8.93. The Kier molecular flexibility index (Phi) is 6.26. The molecule has 0 bridgehead atoms. The van der Waals surface area contributed by atoms with E-state index in [2.05, 4.69) is 5.32 Å². The van der Waals surface area contributed by atoms with E-state index in [1.807, 2.05) is 32.8 Å². The number of hydrogen-bond donors (Lipinski definition) is 1. The van der Waals surface area contributed by atoms with E-state index in [4.69, 9.17) is 0 Å². The molecule has 1 fully saturated rings. The van der Waals surface area contributed by atoms with E-state index in [-0.39, 0.29) is 23.6 Å². The van der Waals surface area contributed by atoms with Crippen LogP contribution >= 0.6 is 0 Å². The van der Waals surface area contributed by atoms with Gasteiger partial charge in [-0.1, -0.05) is 13.8 Å². The van der Waals surface area contributed by atoms with Gasteiger partial charge >= 0.3 is 6.03 Å². The molecule has 1 rings (SSSR count). The van der Waals surface area contributed by atoms with Gasteiger partial charge in [0, 0.05) is 25.7 Å². The first-order chi connectivity index (χ1) is 9.21. The minimum absolute atomic E-state index is 0.0928. The van der Waals surface area contributed by atoms with E-state index in [0.717, 1.165) is 6.54 Å². The van der Waals surface area contributed by atoms with Gasteiger partial charge < -0.3 is 15.1 Å². The van der Waals surface area contributed by atoms with Crippen LogP contribution in [0, 0.1) is 5.92 Å². The van der Waals surface area contributed by atoms with Crippen molar-refractivity contribution in [3.8, 4) is 0 Å². The molecule has 1 saturated heterocycles. The van der Waals surface area contributed by atoms with Crippen molar-refractivity contribution in [2.24, 2.45) is 5.92 Å². The van der Waals surface area contributed by atoms with E-state index in [0.29, 0.717) is 25.4 Å². The van der Waals surface area contributed by atoms with Crippen molar-refractivity contribution in [3.05, 3.63) is 0 Å². The Bertz CT molecular complexity index is 421. The minimum Gasteiger partial charge on any atom is -0.338 e. The summed E-state index contributed by atoms with van der Waals surface area (Å²) in [7, 11) is 0.901. The van der Waals surface area contributed by atoms with Crippen LogP contribution in [0.5, 0.6) is 0 Å². The molecule has 6 nitrogen and oxygen atoms in total. The predicted octanol–water partition coefficient (Wildman–Crippen LogP) is 0.403. The van der Waals surface area contributed by atoms with Crippen molar-refractivity contribution >= 4 is 15.9 Å². The van der Waals surface area contributed by atoms with E-state index in [1.165, 1.54) is 0 Å². The zero-order chi connectivity index (χ0) is 15.3. The fourth-order valence-corrected chi connectivity index (χ4v) is 3.90. The molecule has 1 heterocycles. The highest BCUT2D eigenvalue weighted by Crippen LogP contribution is 2.17. The Morgan fingerprint density at radius 1 is 1.30 bits per heavy atom. The van der Waals surface area contributed by atoms with Crippen LogP contribution in [0.3, 0.4) is 0 Å². The number of urea groups is 1. The van der Waals surface area contributed by atoms with Crippen molar-refractivity contribution in [1.82, 2.24) is 15.1 Å². The Balaban J connectivity index is 2.67. The van der Waals surface area contributed by atoms with Gasteiger partial charge in [0.25, 0.3) is 0 Å². The number of hydrogen-bond acceptors (Lipinski definition) is 4. The minimum atomic E-state index is -2.98. The third-order valence-electron chi connectivity index (χ3n) is 3.36. The second-order valence-corrected chi connectivity index (χ2v) is 8.36. The van der Waals surface area contributed by atoms with Crippen LogP contribution in [-0.4, -0.2) is 75.5 Å². The van der Waals surface area contributed by atoms with Gasteiger partial charge in [0.2, 0.25) is 0 Å². The van der Waals surface area contributed by atoms with Gasteiger partial charge in [-0.15, -0.1) is 0 Å². The standard InChI is InChI=1S/C13H27N3O3S/c1-11(2)9-14-13(17)16(7-6-15(3)4)12-5-8-20(18,19)10-12/h11-12H,5-10H2,1-4H3,(H,14,17). The number of nitrogens with one attached hydrogen (secondary N) is 1. The molecule has 0 radical (unpaired) electrons. The largest absolute Gasteiger partial charge is 0.338 e. The van der Waals surface area contributed by atoms with E-state index >= 15 is 0 Å². The SMILES string of the molecule is CC(C)CNC(=O)N(CCN(C)C)C1CCS(=O)(=O)C1. The molecule has 118 valence electrons. The monoisotopic (exact) mass is 305 g/mol. The molecule has 2 amide bonds. The zero-order valence-corrected chi connectivity index (χ0v) is 13.7. The molecule has 1 unspecified atom stereocenters. The molecule has 0 aromatic heterocycles. The summed E-state index contributed by atoms with van der Waals surface area (Å²) in [5, 5.41) is 2.88. The van der Waals surface area contributed by atoms with Crippen molar-refractivity contribution in [3.63, 3.8) is 0 Å². The summed E-state index contributed by atoms with van der Waals surface area (Å²) in [5.41, 5.74) is 0. The van der Waals surface area contributed by atoms with Gasteiger partial charge in [0.15, 0.2) is 9.84 Å². The van der Waals surface area contributed by atoms with E-state index in [1.54, 1.807) is 4.90 Å². The summed E-state index contributed by atoms with van der Waals surface area (Å²) >= 11 is 0. The fourth-order valence-electron chi connectivity index (χ4n) is 2.17. The van der Waals surface area contributed by atoms with Crippen molar-refractivity contribution in [1.29, 1.82) is 0 Å². The van der Waals surface area contributed by atoms with E-state index in [9.17, 15) is 13.2 Å². The number of sulfone groups is 1. The maximum absolute atomic E-state index is 12.3. The molecule has 0 aromatic carbocycles. The Morgan fingerprint density at radius 3 is 2.40 bits per heavy atom. The summed E-state index contributed by atoms with van der Waals surface area (Å²) < 4.78 is 23.2. The molecule has 0 aromatic rings. The quantitative estimate of drug-likeness (QED) is 0.771. The van der Waals surface area contributed by atoms with Gasteiger partial charge in [-0.05, 0) is 26.4 Å². The Hall–Kier alpha value is -0.820. The number of rotatable bonds is 6. The van der Waals surface area contributed by atoms with Gasteiger partial charge in [-0.2, -0.15) is 0 Å². The van der Waals surface area contributed by atoms with Crippen LogP contribution in [0.15, 0.2) is 0 Å². The van der Waals surface area contributed by atoms with Crippen LogP contribution in [0.1, 0.15) is 20.3 Å². The molecule has 7 heteroatoms. The van der Waals surface area contributed by atoms with Crippen LogP contribution in [0.25, 0.3) is 0 Å². The highest BCUT2D eigenvalue weighted by Gasteiger charge is 2.34. The molecule has 20 heavy (non-hydrogen) atoms. The molecular formula is C13H27N3O3S. The van der Waals surface area contributed by atoms with Crippen molar-refractivity contribution in [2.45, 2.75) is 26.3 Å². The number of carbonyl (C=O) groups excluding carboxylic acids is 1. The predicted molar refractivity (Wildman–Crippen MR) is 80.6 cm³/mol. The molecule has 0 spiro atoms. The van der Waals surface area contributed by atoms with Gasteiger partial charge in [-0.25, -0.2) is 13.2 Å². The number of carbonyl (C=O) groups is 1. The van der Waals surface area contributed by atoms with Crippen molar-refractivity contribution in [2.75, 3.05) is 45.2 Å². The van der Waals surface area contributed by atoms with Gasteiger partial charge in [0.05, 0.1) is 11.5 Å². The summed E-state index contributed by atoms with van der Waals surface area (Å²) in [6, 6.07) is -0.338. The zero-order valence-electron chi connectivity index (χ0n) is 12.9. The van der Waals surface area contributed by atoms with Crippen LogP contribution in [0.4, 0.5) is 4.79 Å².